The summed E-state index contributed by atoms with van der Waals surface area (Å²) in [7, 11) is 1.76. The summed E-state index contributed by atoms with van der Waals surface area (Å²) in [6, 6.07) is 16.0. The zero-order chi connectivity index (χ0) is 78.9. The molecular formula is C102H174N3O5+. The average molecular weight is 1520 g/mol. The van der Waals surface area contributed by atoms with Gasteiger partial charge in [0.1, 0.15) is 12.2 Å². The number of carboxylic acid groups (broad SMARTS) is 2. The number of ether oxygens (including phenoxy) is 1. The lowest BCUT2D eigenvalue weighted by molar-refractivity contribution is -0.436. The Morgan fingerprint density at radius 3 is 1.05 bits per heavy atom. The van der Waals surface area contributed by atoms with Gasteiger partial charge in [-0.3, -0.25) is 9.59 Å². The summed E-state index contributed by atoms with van der Waals surface area (Å²) in [5, 5.41) is 32.4. The highest BCUT2D eigenvalue weighted by Crippen LogP contribution is 2.55. The number of aliphatic carboxylic acids is 2. The van der Waals surface area contributed by atoms with Crippen molar-refractivity contribution in [1.82, 2.24) is 0 Å². The third-order valence-corrected chi connectivity index (χ3v) is 25.4. The number of nitrogens with zero attached hydrogens (tertiary/aromatic N) is 3. The first-order valence-electron chi connectivity index (χ1n) is 48.2. The number of anilines is 1. The molecule has 2 aromatic carbocycles. The van der Waals surface area contributed by atoms with Gasteiger partial charge < -0.3 is 19.8 Å². The molecule has 0 saturated heterocycles. The van der Waals surface area contributed by atoms with Crippen LogP contribution < -0.4 is 9.64 Å². The second-order valence-corrected chi connectivity index (χ2v) is 34.9. The Labute approximate surface area is 680 Å². The SMILES string of the molecule is CCCCCCCCCCCCCCCCCCC1(CCCCCCCCCCCCCCCCCC)C(/C=C/C(C#N)=C/C=C2/N(CCC(=O)O)c3ccc(OC)cc3C2(CCCCCCCCCCCCCCCCCC)CCCCCCCCCCCCCCCCCC)=[N+](CCC(=O)O)c2ccc(C)cc21. The Morgan fingerprint density at radius 1 is 0.418 bits per heavy atom. The molecule has 2 aliphatic rings. The molecular weight excluding hydrogens is 1350 g/mol. The molecule has 0 aliphatic carbocycles. The predicted molar refractivity (Wildman–Crippen MR) is 477 cm³/mol. The smallest absolute Gasteiger partial charge is 0.309 e. The molecule has 2 aliphatic heterocycles. The number of carboxylic acids is 2. The van der Waals surface area contributed by atoms with Gasteiger partial charge in [0.25, 0.3) is 0 Å². The van der Waals surface area contributed by atoms with Crippen molar-refractivity contribution in [2.24, 2.45) is 0 Å². The van der Waals surface area contributed by atoms with E-state index < -0.39 is 17.4 Å². The number of nitriles is 1. The Bertz CT molecular complexity index is 2730. The van der Waals surface area contributed by atoms with Gasteiger partial charge >= 0.3 is 11.9 Å². The van der Waals surface area contributed by atoms with Crippen LogP contribution in [0.5, 0.6) is 5.75 Å². The molecule has 110 heavy (non-hydrogen) atoms. The monoisotopic (exact) mass is 1520 g/mol. The number of aryl methyl sites for hydroxylation is 1. The third-order valence-electron chi connectivity index (χ3n) is 25.4. The molecule has 8 heteroatoms. The second-order valence-electron chi connectivity index (χ2n) is 34.9. The molecule has 2 heterocycles. The summed E-state index contributed by atoms with van der Waals surface area (Å²) in [6.45, 7) is 12.1. The number of carbonyl (C=O) groups is 2. The number of benzene rings is 2. The fourth-order valence-electron chi connectivity index (χ4n) is 18.6. The van der Waals surface area contributed by atoms with Gasteiger partial charge in [0, 0.05) is 41.1 Å². The maximum absolute atomic E-state index is 12.7. The Kier molecular flexibility index (Phi) is 58.3. The predicted octanol–water partition coefficient (Wildman–Crippen LogP) is 32.5. The molecule has 2 aromatic rings. The van der Waals surface area contributed by atoms with E-state index in [0.717, 1.165) is 92.7 Å². The highest BCUT2D eigenvalue weighted by atomic mass is 16.5. The summed E-state index contributed by atoms with van der Waals surface area (Å²) in [4.78, 5) is 27.8. The third kappa shape index (κ3) is 41.6. The van der Waals surface area contributed by atoms with E-state index in [0.29, 0.717) is 18.7 Å². The van der Waals surface area contributed by atoms with Crippen LogP contribution in [0, 0.1) is 18.3 Å². The minimum absolute atomic E-state index is 0.00285. The molecule has 0 atom stereocenters. The van der Waals surface area contributed by atoms with E-state index in [-0.39, 0.29) is 18.3 Å². The van der Waals surface area contributed by atoms with Crippen molar-refractivity contribution in [3.8, 4) is 11.8 Å². The largest absolute Gasteiger partial charge is 0.497 e. The van der Waals surface area contributed by atoms with Gasteiger partial charge in [-0.2, -0.15) is 9.84 Å². The Morgan fingerprint density at radius 2 is 0.736 bits per heavy atom. The van der Waals surface area contributed by atoms with Crippen molar-refractivity contribution in [3.05, 3.63) is 88.7 Å². The highest BCUT2D eigenvalue weighted by molar-refractivity contribution is 6.04. The number of rotatable bonds is 78. The lowest BCUT2D eigenvalue weighted by Gasteiger charge is -2.34. The van der Waals surface area contributed by atoms with E-state index in [9.17, 15) is 25.1 Å². The molecule has 8 nitrogen and oxygen atoms in total. The van der Waals surface area contributed by atoms with E-state index in [4.69, 9.17) is 4.74 Å². The molecule has 0 spiro atoms. The maximum Gasteiger partial charge on any atom is 0.309 e. The van der Waals surface area contributed by atoms with Gasteiger partial charge in [-0.15, -0.1) is 0 Å². The fraction of sp³-hybridized carbons (Fsp3) is 0.784. The normalized spacial score (nSPS) is 14.2. The summed E-state index contributed by atoms with van der Waals surface area (Å²) < 4.78 is 8.41. The minimum atomic E-state index is -0.816. The molecule has 4 rings (SSSR count). The van der Waals surface area contributed by atoms with Crippen molar-refractivity contribution in [2.75, 3.05) is 25.1 Å². The van der Waals surface area contributed by atoms with Crippen LogP contribution in [0.2, 0.25) is 0 Å². The molecule has 0 aromatic heterocycles. The van der Waals surface area contributed by atoms with Crippen molar-refractivity contribution in [2.45, 2.75) is 495 Å². The van der Waals surface area contributed by atoms with Gasteiger partial charge in [-0.05, 0) is 80.7 Å². The average Bonchev–Trinajstić information content (AvgIpc) is 1.58. The maximum atomic E-state index is 12.7. The number of allylic oxidation sites excluding steroid dienone is 6. The van der Waals surface area contributed by atoms with Gasteiger partial charge in [0.15, 0.2) is 12.3 Å². The molecule has 0 fully saturated rings. The van der Waals surface area contributed by atoms with Gasteiger partial charge in [0.05, 0.1) is 30.6 Å². The lowest BCUT2D eigenvalue weighted by Crippen LogP contribution is -2.35. The minimum Gasteiger partial charge on any atom is -0.497 e. The number of hydrogen-bond acceptors (Lipinski definition) is 5. The summed E-state index contributed by atoms with van der Waals surface area (Å²) in [5.41, 5.74) is 8.01. The van der Waals surface area contributed by atoms with E-state index in [1.54, 1.807) is 7.11 Å². The molecule has 0 radical (unpaired) electrons. The van der Waals surface area contributed by atoms with Crippen LogP contribution in [0.4, 0.5) is 11.4 Å². The van der Waals surface area contributed by atoms with Crippen molar-refractivity contribution in [3.63, 3.8) is 0 Å². The molecule has 0 amide bonds. The van der Waals surface area contributed by atoms with Crippen molar-refractivity contribution >= 4 is 29.0 Å². The van der Waals surface area contributed by atoms with Crippen LogP contribution in [0.3, 0.4) is 0 Å². The first kappa shape index (κ1) is 97.7. The lowest BCUT2D eigenvalue weighted by atomic mass is 9.69. The quantitative estimate of drug-likeness (QED) is 0.0293. The van der Waals surface area contributed by atoms with Crippen LogP contribution >= 0.6 is 0 Å². The van der Waals surface area contributed by atoms with E-state index >= 15 is 0 Å². The summed E-state index contributed by atoms with van der Waals surface area (Å²) in [5.74, 6) is -0.796. The number of hydrogen-bond donors (Lipinski definition) is 2. The Hall–Kier alpha value is -4.64. The van der Waals surface area contributed by atoms with Crippen molar-refractivity contribution < 1.29 is 29.1 Å². The molecule has 2 N–H and O–H groups in total. The van der Waals surface area contributed by atoms with Gasteiger partial charge in [-0.1, -0.05) is 450 Å². The van der Waals surface area contributed by atoms with Crippen LogP contribution in [-0.4, -0.2) is 52.6 Å². The Balaban J connectivity index is 1.68. The number of unbranched alkanes of at least 4 members (excludes halogenated alkanes) is 60. The standard InChI is InChI=1S/C102H173N3O5/c1-7-11-15-19-23-27-31-35-39-43-47-51-55-59-63-67-81-101(82-68-64-60-56-52-48-44-40-36-32-28-24-20-16-12-8-2)93-87-90(5)71-75-95(93)104(85-79-99(106)107)97(101)77-72-91(89-103)73-78-98-102(94-88-92(110-6)74-76-96(94)105(98)86-80-100(108)109,83-69-65-61-57-53-49-45-41-37-33-29-25-21-17-13-9-3)84-70-66-62-58-54-50-46-42-38-34-30-26-22-18-14-10-4/h71-78,87-88H,7-70,79-86H2,1-6H3,(H-,106,107,108,109)/p+1. The van der Waals surface area contributed by atoms with E-state index in [1.165, 1.54) is 389 Å². The molecule has 0 unspecified atom stereocenters. The highest BCUT2D eigenvalue weighted by Gasteiger charge is 2.51. The summed E-state index contributed by atoms with van der Waals surface area (Å²) in [6.07, 6.45) is 97.1. The molecule has 0 bridgehead atoms. The topological polar surface area (TPSA) is 114 Å². The second kappa shape index (κ2) is 65.6. The first-order valence-corrected chi connectivity index (χ1v) is 48.2. The molecule has 626 valence electrons. The van der Waals surface area contributed by atoms with E-state index in [2.05, 4.69) is 98.7 Å². The fourth-order valence-corrected chi connectivity index (χ4v) is 18.6. The van der Waals surface area contributed by atoms with E-state index in [1.807, 2.05) is 12.1 Å². The van der Waals surface area contributed by atoms with Crippen molar-refractivity contribution in [1.29, 1.82) is 5.26 Å². The molecule has 0 saturated carbocycles. The summed E-state index contributed by atoms with van der Waals surface area (Å²) >= 11 is 0. The first-order chi connectivity index (χ1) is 54.0. The van der Waals surface area contributed by atoms with Crippen LogP contribution in [0.25, 0.3) is 0 Å². The zero-order valence-corrected chi connectivity index (χ0v) is 73.1. The zero-order valence-electron chi connectivity index (χ0n) is 73.1. The number of fused-ring (bicyclic) bond motifs is 2. The van der Waals surface area contributed by atoms with Crippen LogP contribution in [-0.2, 0) is 20.4 Å². The van der Waals surface area contributed by atoms with Crippen LogP contribution in [0.15, 0.2) is 72.0 Å². The van der Waals surface area contributed by atoms with Gasteiger partial charge in [0.2, 0.25) is 5.69 Å². The van der Waals surface area contributed by atoms with Gasteiger partial charge in [-0.25, -0.2) is 0 Å². The number of methoxy groups -OCH3 is 1. The van der Waals surface area contributed by atoms with Crippen LogP contribution in [0.1, 0.15) is 494 Å².